The van der Waals surface area contributed by atoms with Crippen LogP contribution in [0.1, 0.15) is 12.8 Å². The van der Waals surface area contributed by atoms with Crippen LogP contribution in [0.2, 0.25) is 0 Å². The predicted molar refractivity (Wildman–Crippen MR) is 67.8 cm³/mol. The van der Waals surface area contributed by atoms with Crippen LogP contribution in [0.25, 0.3) is 0 Å². The second kappa shape index (κ2) is 15.0. The summed E-state index contributed by atoms with van der Waals surface area (Å²) in [5.41, 5.74) is 4.95. The lowest BCUT2D eigenvalue weighted by atomic mass is 10.4. The van der Waals surface area contributed by atoms with Gasteiger partial charge in [0.15, 0.2) is 0 Å². The summed E-state index contributed by atoms with van der Waals surface area (Å²) in [6, 6.07) is 0. The first-order valence-corrected chi connectivity index (χ1v) is 6.30. The summed E-state index contributed by atoms with van der Waals surface area (Å²) in [6.45, 7) is 3.58. The number of aldehydes is 1. The molecular formula is C12H23NO6. The highest BCUT2D eigenvalue weighted by atomic mass is 16.6. The average molecular weight is 277 g/mol. The monoisotopic (exact) mass is 277 g/mol. The molecule has 2 N–H and O–H groups in total. The minimum atomic E-state index is -0.371. The highest BCUT2D eigenvalue weighted by Gasteiger charge is 1.95. The molecule has 0 aromatic rings. The molecule has 0 saturated heterocycles. The van der Waals surface area contributed by atoms with Crippen LogP contribution in [-0.4, -0.2) is 65.0 Å². The highest BCUT2D eigenvalue weighted by molar-refractivity contribution is 5.73. The van der Waals surface area contributed by atoms with Gasteiger partial charge in [-0.25, -0.2) is 0 Å². The molecule has 112 valence electrons. The molecule has 0 bridgehead atoms. The van der Waals surface area contributed by atoms with Crippen molar-refractivity contribution in [2.45, 2.75) is 12.8 Å². The molecule has 19 heavy (non-hydrogen) atoms. The molecule has 7 nitrogen and oxygen atoms in total. The molecule has 0 heterocycles. The van der Waals surface area contributed by atoms with Crippen molar-refractivity contribution in [1.82, 2.24) is 0 Å². The molecule has 0 spiro atoms. The highest BCUT2D eigenvalue weighted by Crippen LogP contribution is 1.85. The largest absolute Gasteiger partial charge is 0.379 e. The van der Waals surface area contributed by atoms with Crippen molar-refractivity contribution in [2.75, 3.05) is 52.9 Å². The van der Waals surface area contributed by atoms with E-state index in [4.69, 9.17) is 24.7 Å². The molecule has 0 saturated carbocycles. The molecule has 0 aliphatic heterocycles. The molecule has 0 atom stereocenters. The zero-order valence-corrected chi connectivity index (χ0v) is 11.2. The second-order valence-electron chi connectivity index (χ2n) is 3.62. The normalized spacial score (nSPS) is 10.5. The Hall–Kier alpha value is -1.02. The van der Waals surface area contributed by atoms with Gasteiger partial charge in [0, 0.05) is 12.8 Å². The molecule has 0 unspecified atom stereocenters. The van der Waals surface area contributed by atoms with Gasteiger partial charge in [-0.1, -0.05) is 0 Å². The number of carbonyl (C=O) groups is 2. The number of nitrogens with two attached hydrogens (primary N) is 1. The van der Waals surface area contributed by atoms with E-state index in [1.165, 1.54) is 0 Å². The molecule has 0 aromatic carbocycles. The van der Waals surface area contributed by atoms with Gasteiger partial charge in [-0.2, -0.15) is 0 Å². The van der Waals surface area contributed by atoms with E-state index in [9.17, 15) is 9.59 Å². The number of carbonyl (C=O) groups excluding carboxylic acids is 2. The Morgan fingerprint density at radius 3 is 1.63 bits per heavy atom. The zero-order valence-electron chi connectivity index (χ0n) is 11.2. The van der Waals surface area contributed by atoms with Crippen LogP contribution in [0.15, 0.2) is 0 Å². The maximum Gasteiger partial charge on any atom is 0.219 e. The van der Waals surface area contributed by atoms with E-state index in [0.717, 1.165) is 6.29 Å². The molecule has 0 aliphatic carbocycles. The fourth-order valence-corrected chi connectivity index (χ4v) is 1.07. The van der Waals surface area contributed by atoms with Gasteiger partial charge in [0.1, 0.15) is 6.29 Å². The van der Waals surface area contributed by atoms with Gasteiger partial charge < -0.3 is 29.5 Å². The van der Waals surface area contributed by atoms with Crippen LogP contribution in [0.4, 0.5) is 0 Å². The van der Waals surface area contributed by atoms with Crippen LogP contribution in [0, 0.1) is 0 Å². The fourth-order valence-electron chi connectivity index (χ4n) is 1.07. The van der Waals surface area contributed by atoms with Crippen molar-refractivity contribution in [3.63, 3.8) is 0 Å². The lowest BCUT2D eigenvalue weighted by Crippen LogP contribution is -2.15. The van der Waals surface area contributed by atoms with E-state index < -0.39 is 0 Å². The smallest absolute Gasteiger partial charge is 0.219 e. The minimum Gasteiger partial charge on any atom is -0.379 e. The lowest BCUT2D eigenvalue weighted by Gasteiger charge is -2.06. The summed E-state index contributed by atoms with van der Waals surface area (Å²) >= 11 is 0. The fraction of sp³-hybridized carbons (Fsp3) is 0.833. The van der Waals surface area contributed by atoms with Crippen molar-refractivity contribution < 1.29 is 28.5 Å². The predicted octanol–water partition coefficient (Wildman–Crippen LogP) is -0.483. The van der Waals surface area contributed by atoms with Crippen molar-refractivity contribution >= 4 is 12.2 Å². The Balaban J connectivity index is 2.95. The molecule has 0 aromatic heterocycles. The maximum absolute atomic E-state index is 10.4. The first-order chi connectivity index (χ1) is 9.27. The van der Waals surface area contributed by atoms with Crippen molar-refractivity contribution in [3.05, 3.63) is 0 Å². The first-order valence-electron chi connectivity index (χ1n) is 6.30. The SMILES string of the molecule is NC(=O)CCOCCOCCOCCOCCC=O. The van der Waals surface area contributed by atoms with Crippen molar-refractivity contribution in [3.8, 4) is 0 Å². The van der Waals surface area contributed by atoms with Crippen molar-refractivity contribution in [1.29, 1.82) is 0 Å². The van der Waals surface area contributed by atoms with Gasteiger partial charge in [0.2, 0.25) is 5.91 Å². The number of amides is 1. The van der Waals surface area contributed by atoms with Crippen LogP contribution in [-0.2, 0) is 28.5 Å². The molecule has 0 rings (SSSR count). The molecule has 0 radical (unpaired) electrons. The van der Waals surface area contributed by atoms with Gasteiger partial charge in [-0.3, -0.25) is 4.79 Å². The van der Waals surface area contributed by atoms with Gasteiger partial charge >= 0.3 is 0 Å². The van der Waals surface area contributed by atoms with Crippen LogP contribution >= 0.6 is 0 Å². The van der Waals surface area contributed by atoms with Crippen LogP contribution < -0.4 is 5.73 Å². The molecular weight excluding hydrogens is 254 g/mol. The summed E-state index contributed by atoms with van der Waals surface area (Å²) in [5, 5.41) is 0. The number of hydrogen-bond acceptors (Lipinski definition) is 6. The van der Waals surface area contributed by atoms with E-state index in [0.29, 0.717) is 59.3 Å². The van der Waals surface area contributed by atoms with Crippen LogP contribution in [0.3, 0.4) is 0 Å². The van der Waals surface area contributed by atoms with Gasteiger partial charge in [-0.15, -0.1) is 0 Å². The number of rotatable bonds is 15. The quantitative estimate of drug-likeness (QED) is 0.321. The Kier molecular flexibility index (Phi) is 14.2. The van der Waals surface area contributed by atoms with E-state index in [-0.39, 0.29) is 12.3 Å². The van der Waals surface area contributed by atoms with Gasteiger partial charge in [-0.05, 0) is 0 Å². The number of primary amides is 1. The van der Waals surface area contributed by atoms with E-state index in [2.05, 4.69) is 0 Å². The lowest BCUT2D eigenvalue weighted by molar-refractivity contribution is -0.119. The molecule has 1 amide bonds. The second-order valence-corrected chi connectivity index (χ2v) is 3.62. The Morgan fingerprint density at radius 1 is 0.789 bits per heavy atom. The third-order valence-electron chi connectivity index (χ3n) is 1.99. The summed E-state index contributed by atoms with van der Waals surface area (Å²) in [6.07, 6.45) is 1.46. The van der Waals surface area contributed by atoms with E-state index in [1.54, 1.807) is 0 Å². The minimum absolute atomic E-state index is 0.229. The third-order valence-corrected chi connectivity index (χ3v) is 1.99. The Labute approximate surface area is 113 Å². The van der Waals surface area contributed by atoms with E-state index >= 15 is 0 Å². The first kappa shape index (κ1) is 18.0. The standard InChI is InChI=1S/C12H23NO6/c13-12(15)2-5-17-7-9-19-11-10-18-8-6-16-4-1-3-14/h3H,1-2,4-11H2,(H2,13,15). The summed E-state index contributed by atoms with van der Waals surface area (Å²) < 4.78 is 20.7. The number of hydrogen-bond donors (Lipinski definition) is 1. The summed E-state index contributed by atoms with van der Waals surface area (Å²) in [4.78, 5) is 20.4. The van der Waals surface area contributed by atoms with Gasteiger partial charge in [0.05, 0.1) is 52.9 Å². The Bertz CT molecular complexity index is 224. The van der Waals surface area contributed by atoms with Crippen LogP contribution in [0.5, 0.6) is 0 Å². The average Bonchev–Trinajstić information content (AvgIpc) is 2.39. The topological polar surface area (TPSA) is 97.1 Å². The number of ether oxygens (including phenoxy) is 4. The molecule has 7 heteroatoms. The summed E-state index contributed by atoms with van der Waals surface area (Å²) in [7, 11) is 0. The molecule has 0 fully saturated rings. The van der Waals surface area contributed by atoms with E-state index in [1.807, 2.05) is 0 Å². The van der Waals surface area contributed by atoms with Crippen molar-refractivity contribution in [2.24, 2.45) is 5.73 Å². The molecule has 0 aliphatic rings. The summed E-state index contributed by atoms with van der Waals surface area (Å²) in [5.74, 6) is -0.371. The maximum atomic E-state index is 10.4. The van der Waals surface area contributed by atoms with Gasteiger partial charge in [0.25, 0.3) is 0 Å². The zero-order chi connectivity index (χ0) is 14.2. The third kappa shape index (κ3) is 17.0. The Morgan fingerprint density at radius 2 is 1.21 bits per heavy atom.